The van der Waals surface area contributed by atoms with Crippen molar-refractivity contribution >= 4 is 28.7 Å². The smallest absolute Gasteiger partial charge is 0.339 e. The zero-order valence-corrected chi connectivity index (χ0v) is 11.4. The van der Waals surface area contributed by atoms with Crippen molar-refractivity contribution in [3.8, 4) is 0 Å². The van der Waals surface area contributed by atoms with Crippen LogP contribution < -0.4 is 0 Å². The molecule has 0 aliphatic rings. The minimum absolute atomic E-state index is 0.209. The fourth-order valence-electron chi connectivity index (χ4n) is 1.95. The molecule has 0 aliphatic heterocycles. The third-order valence-electron chi connectivity index (χ3n) is 2.79. The lowest BCUT2D eigenvalue weighted by Gasteiger charge is -1.96. The Labute approximate surface area is 118 Å². The number of aromatic carboxylic acids is 1. The number of nitrogens with one attached hydrogen (secondary N) is 1. The second-order valence-electron chi connectivity index (χ2n) is 4.19. The summed E-state index contributed by atoms with van der Waals surface area (Å²) in [6.45, 7) is 1.81. The van der Waals surface area contributed by atoms with Gasteiger partial charge in [0.05, 0.1) is 5.75 Å². The Morgan fingerprint density at radius 2 is 2.25 bits per heavy atom. The second-order valence-corrected chi connectivity index (χ2v) is 5.14. The van der Waals surface area contributed by atoms with Crippen molar-refractivity contribution in [3.05, 3.63) is 41.4 Å². The maximum absolute atomic E-state index is 11.4. The number of aromatic amines is 1. The predicted molar refractivity (Wildman–Crippen MR) is 73.9 cm³/mol. The number of benzene rings is 1. The van der Waals surface area contributed by atoms with Crippen molar-refractivity contribution in [1.82, 2.24) is 15.2 Å². The number of aryl methyl sites for hydroxylation is 1. The molecule has 6 nitrogen and oxygen atoms in total. The molecule has 2 heterocycles. The quantitative estimate of drug-likeness (QED) is 0.717. The standard InChI is InChI=1S/C13H11N3O3S/c1-7-14-13(16-15-7)20-6-10-11(12(17)18)8-4-2-3-5-9(8)19-10/h2-5H,6H2,1H3,(H,17,18)(H,14,15,16). The second kappa shape index (κ2) is 5.01. The van der Waals surface area contributed by atoms with Crippen LogP contribution >= 0.6 is 11.8 Å². The van der Waals surface area contributed by atoms with Gasteiger partial charge in [0.1, 0.15) is 22.7 Å². The number of hydrogen-bond acceptors (Lipinski definition) is 5. The monoisotopic (exact) mass is 289 g/mol. The number of carboxylic acid groups (broad SMARTS) is 1. The molecule has 0 spiro atoms. The lowest BCUT2D eigenvalue weighted by atomic mass is 10.1. The molecule has 2 N–H and O–H groups in total. The van der Waals surface area contributed by atoms with E-state index >= 15 is 0 Å². The van der Waals surface area contributed by atoms with Crippen molar-refractivity contribution in [3.63, 3.8) is 0 Å². The SMILES string of the molecule is Cc1nc(SCc2oc3ccccc3c2C(=O)O)n[nH]1. The molecule has 0 saturated carbocycles. The summed E-state index contributed by atoms with van der Waals surface area (Å²) in [5.74, 6) is 0.520. The number of carboxylic acids is 1. The van der Waals surface area contributed by atoms with Gasteiger partial charge in [0, 0.05) is 5.39 Å². The van der Waals surface area contributed by atoms with Crippen molar-refractivity contribution in [2.24, 2.45) is 0 Å². The first kappa shape index (κ1) is 12.7. The average Bonchev–Trinajstić information content (AvgIpc) is 2.99. The predicted octanol–water partition coefficient (Wildman–Crippen LogP) is 2.85. The Morgan fingerprint density at radius 1 is 1.45 bits per heavy atom. The van der Waals surface area contributed by atoms with Gasteiger partial charge in [0.25, 0.3) is 0 Å². The van der Waals surface area contributed by atoms with Gasteiger partial charge >= 0.3 is 5.97 Å². The molecule has 0 radical (unpaired) electrons. The maximum Gasteiger partial charge on any atom is 0.339 e. The summed E-state index contributed by atoms with van der Waals surface area (Å²) in [7, 11) is 0. The van der Waals surface area contributed by atoms with E-state index in [1.54, 1.807) is 25.1 Å². The molecule has 20 heavy (non-hydrogen) atoms. The van der Waals surface area contributed by atoms with Crippen LogP contribution in [0, 0.1) is 6.92 Å². The molecule has 0 unspecified atom stereocenters. The number of thioether (sulfide) groups is 1. The van der Waals surface area contributed by atoms with Crippen LogP contribution in [0.2, 0.25) is 0 Å². The largest absolute Gasteiger partial charge is 0.478 e. The molecule has 3 aromatic rings. The lowest BCUT2D eigenvalue weighted by Crippen LogP contribution is -1.98. The van der Waals surface area contributed by atoms with Gasteiger partial charge in [-0.25, -0.2) is 9.78 Å². The minimum Gasteiger partial charge on any atom is -0.478 e. The normalized spacial score (nSPS) is 11.1. The number of fused-ring (bicyclic) bond motifs is 1. The number of para-hydroxylation sites is 1. The van der Waals surface area contributed by atoms with E-state index in [1.807, 2.05) is 6.07 Å². The van der Waals surface area contributed by atoms with E-state index in [4.69, 9.17) is 4.42 Å². The van der Waals surface area contributed by atoms with Gasteiger partial charge in [-0.1, -0.05) is 30.0 Å². The molecule has 1 aromatic carbocycles. The first-order valence-corrected chi connectivity index (χ1v) is 6.89. The number of rotatable bonds is 4. The van der Waals surface area contributed by atoms with Crippen molar-refractivity contribution in [2.45, 2.75) is 17.8 Å². The van der Waals surface area contributed by atoms with Crippen LogP contribution in [-0.2, 0) is 5.75 Å². The van der Waals surface area contributed by atoms with Gasteiger partial charge in [0.2, 0.25) is 5.16 Å². The van der Waals surface area contributed by atoms with Crippen LogP contribution in [0.1, 0.15) is 21.9 Å². The van der Waals surface area contributed by atoms with Crippen molar-refractivity contribution < 1.29 is 14.3 Å². The zero-order valence-electron chi connectivity index (χ0n) is 10.6. The Bertz CT molecular complexity index is 778. The number of aromatic nitrogens is 3. The number of carbonyl (C=O) groups is 1. The van der Waals surface area contributed by atoms with E-state index in [1.165, 1.54) is 11.8 Å². The number of hydrogen-bond donors (Lipinski definition) is 2. The van der Waals surface area contributed by atoms with Gasteiger partial charge in [-0.2, -0.15) is 0 Å². The first-order valence-electron chi connectivity index (χ1n) is 5.90. The summed E-state index contributed by atoms with van der Waals surface area (Å²) in [5.41, 5.74) is 0.784. The minimum atomic E-state index is -0.989. The fraction of sp³-hybridized carbons (Fsp3) is 0.154. The van der Waals surface area contributed by atoms with Gasteiger partial charge in [0.15, 0.2) is 0 Å². The Morgan fingerprint density at radius 3 is 2.95 bits per heavy atom. The molecule has 2 aromatic heterocycles. The fourth-order valence-corrected chi connectivity index (χ4v) is 2.72. The highest BCUT2D eigenvalue weighted by molar-refractivity contribution is 7.98. The van der Waals surface area contributed by atoms with Crippen LogP contribution in [0.3, 0.4) is 0 Å². The molecule has 0 amide bonds. The summed E-state index contributed by atoms with van der Waals surface area (Å²) in [5, 5.41) is 17.3. The van der Waals surface area contributed by atoms with E-state index in [9.17, 15) is 9.90 Å². The molecule has 3 rings (SSSR count). The third kappa shape index (κ3) is 2.27. The molecule has 0 fully saturated rings. The molecule has 102 valence electrons. The van der Waals surface area contributed by atoms with Crippen molar-refractivity contribution in [1.29, 1.82) is 0 Å². The number of furan rings is 1. The van der Waals surface area contributed by atoms with E-state index in [-0.39, 0.29) is 5.56 Å². The van der Waals surface area contributed by atoms with Crippen LogP contribution in [0.4, 0.5) is 0 Å². The van der Waals surface area contributed by atoms with Gasteiger partial charge in [-0.3, -0.25) is 5.10 Å². The van der Waals surface area contributed by atoms with Gasteiger partial charge in [-0.15, -0.1) is 5.10 Å². The van der Waals surface area contributed by atoms with Gasteiger partial charge in [-0.05, 0) is 13.0 Å². The van der Waals surface area contributed by atoms with Crippen LogP contribution in [0.5, 0.6) is 0 Å². The van der Waals surface area contributed by atoms with Crippen LogP contribution in [0.15, 0.2) is 33.8 Å². The summed E-state index contributed by atoms with van der Waals surface area (Å²) in [6, 6.07) is 7.10. The summed E-state index contributed by atoms with van der Waals surface area (Å²) >= 11 is 1.33. The van der Waals surface area contributed by atoms with Gasteiger partial charge < -0.3 is 9.52 Å². The molecule has 0 atom stereocenters. The molecule has 7 heteroatoms. The van der Waals surface area contributed by atoms with E-state index in [0.29, 0.717) is 27.6 Å². The van der Waals surface area contributed by atoms with Crippen LogP contribution in [0.25, 0.3) is 11.0 Å². The van der Waals surface area contributed by atoms with E-state index in [0.717, 1.165) is 5.82 Å². The van der Waals surface area contributed by atoms with Crippen molar-refractivity contribution in [2.75, 3.05) is 0 Å². The number of nitrogens with zero attached hydrogens (tertiary/aromatic N) is 2. The highest BCUT2D eigenvalue weighted by atomic mass is 32.2. The Kier molecular flexibility index (Phi) is 3.19. The Balaban J connectivity index is 1.94. The summed E-state index contributed by atoms with van der Waals surface area (Å²) in [4.78, 5) is 15.6. The molecule has 0 bridgehead atoms. The molecule has 0 aliphatic carbocycles. The summed E-state index contributed by atoms with van der Waals surface area (Å²) in [6.07, 6.45) is 0. The maximum atomic E-state index is 11.4. The zero-order chi connectivity index (χ0) is 14.1. The first-order chi connectivity index (χ1) is 9.65. The van der Waals surface area contributed by atoms with E-state index < -0.39 is 5.97 Å². The number of H-pyrrole nitrogens is 1. The highest BCUT2D eigenvalue weighted by Crippen LogP contribution is 2.30. The Hall–Kier alpha value is -2.28. The molecular formula is C13H11N3O3S. The molecular weight excluding hydrogens is 278 g/mol. The molecule has 0 saturated heterocycles. The van der Waals surface area contributed by atoms with Crippen LogP contribution in [-0.4, -0.2) is 26.3 Å². The lowest BCUT2D eigenvalue weighted by molar-refractivity contribution is 0.0697. The third-order valence-corrected chi connectivity index (χ3v) is 3.64. The summed E-state index contributed by atoms with van der Waals surface area (Å²) < 4.78 is 5.62. The highest BCUT2D eigenvalue weighted by Gasteiger charge is 2.20. The van der Waals surface area contributed by atoms with E-state index in [2.05, 4.69) is 15.2 Å². The average molecular weight is 289 g/mol. The topological polar surface area (TPSA) is 92.0 Å².